The number of halogens is 1. The van der Waals surface area contributed by atoms with E-state index in [-0.39, 0.29) is 12.4 Å². The second-order valence-electron chi connectivity index (χ2n) is 5.31. The van der Waals surface area contributed by atoms with Gasteiger partial charge in [-0.2, -0.15) is 0 Å². The quantitative estimate of drug-likeness (QED) is 0.883. The summed E-state index contributed by atoms with van der Waals surface area (Å²) < 4.78 is 27.4. The van der Waals surface area contributed by atoms with E-state index in [0.717, 1.165) is 28.4 Å². The Morgan fingerprint density at radius 3 is 2.59 bits per heavy atom. The Balaban J connectivity index is 0.00000176. The number of fused-ring (bicyclic) bond motifs is 1. The number of aryl methyl sites for hydroxylation is 2. The minimum atomic E-state index is -3.44. The van der Waals surface area contributed by atoms with Gasteiger partial charge in [-0.15, -0.1) is 23.7 Å². The minimum absolute atomic E-state index is 0. The molecule has 2 aromatic rings. The normalized spacial score (nSPS) is 13.7. The summed E-state index contributed by atoms with van der Waals surface area (Å²) in [6.45, 7) is 5.84. The van der Waals surface area contributed by atoms with Gasteiger partial charge in [-0.25, -0.2) is 13.1 Å². The molecule has 0 spiro atoms. The van der Waals surface area contributed by atoms with E-state index in [1.165, 1.54) is 22.5 Å². The van der Waals surface area contributed by atoms with E-state index < -0.39 is 10.0 Å². The molecule has 0 aliphatic carbocycles. The minimum Gasteiger partial charge on any atom is -0.309 e. The van der Waals surface area contributed by atoms with Crippen molar-refractivity contribution in [1.82, 2.24) is 10.0 Å². The number of hydrogen-bond acceptors (Lipinski definition) is 4. The highest BCUT2D eigenvalue weighted by Crippen LogP contribution is 2.25. The van der Waals surface area contributed by atoms with Crippen molar-refractivity contribution < 1.29 is 8.42 Å². The highest BCUT2D eigenvalue weighted by molar-refractivity contribution is 7.89. The van der Waals surface area contributed by atoms with Gasteiger partial charge in [0.15, 0.2) is 0 Å². The second-order valence-corrected chi connectivity index (χ2v) is 8.50. The van der Waals surface area contributed by atoms with Gasteiger partial charge in [0.1, 0.15) is 0 Å². The lowest BCUT2D eigenvalue weighted by molar-refractivity contribution is 0.581. The molecular formula is C15H19ClN2O2S2. The Bertz CT molecular complexity index is 785. The molecule has 1 aliphatic rings. The van der Waals surface area contributed by atoms with Crippen molar-refractivity contribution in [2.45, 2.75) is 38.4 Å². The molecule has 1 aliphatic heterocycles. The molecule has 1 aromatic carbocycles. The monoisotopic (exact) mass is 358 g/mol. The van der Waals surface area contributed by atoms with Crippen LogP contribution < -0.4 is 10.0 Å². The first-order chi connectivity index (χ1) is 9.95. The maximum absolute atomic E-state index is 12.4. The Kier molecular flexibility index (Phi) is 5.29. The first-order valence-electron chi connectivity index (χ1n) is 6.84. The zero-order valence-corrected chi connectivity index (χ0v) is 14.9. The van der Waals surface area contributed by atoms with Gasteiger partial charge < -0.3 is 5.32 Å². The Morgan fingerprint density at radius 1 is 1.18 bits per heavy atom. The molecule has 2 N–H and O–H groups in total. The van der Waals surface area contributed by atoms with Crippen LogP contribution in [0.4, 0.5) is 0 Å². The Labute approximate surface area is 141 Å². The summed E-state index contributed by atoms with van der Waals surface area (Å²) in [4.78, 5) is 2.24. The van der Waals surface area contributed by atoms with Crippen molar-refractivity contribution in [3.8, 4) is 0 Å². The first-order valence-corrected chi connectivity index (χ1v) is 9.14. The maximum atomic E-state index is 12.4. The summed E-state index contributed by atoms with van der Waals surface area (Å²) in [5.41, 5.74) is 3.55. The standard InChI is InChI=1S/C15H18N2O2S2.ClH/c1-10-5-15(11(2)20-10)21(18,19)17-7-12-3-4-13-8-16-9-14(13)6-12;/h3-6,16-17H,7-9H2,1-2H3;1H. The molecule has 0 bridgehead atoms. The lowest BCUT2D eigenvalue weighted by atomic mass is 10.1. The average Bonchev–Trinajstić information content (AvgIpc) is 3.02. The molecule has 0 amide bonds. The Hall–Kier alpha value is -0.920. The molecule has 22 heavy (non-hydrogen) atoms. The van der Waals surface area contributed by atoms with E-state index >= 15 is 0 Å². The molecule has 3 rings (SSSR count). The summed E-state index contributed by atoms with van der Waals surface area (Å²) >= 11 is 1.51. The Morgan fingerprint density at radius 2 is 1.91 bits per heavy atom. The van der Waals surface area contributed by atoms with Crippen LogP contribution in [0, 0.1) is 13.8 Å². The highest BCUT2D eigenvalue weighted by Gasteiger charge is 2.19. The van der Waals surface area contributed by atoms with Gasteiger partial charge in [0, 0.05) is 29.4 Å². The highest BCUT2D eigenvalue weighted by atomic mass is 35.5. The van der Waals surface area contributed by atoms with Crippen LogP contribution in [0.15, 0.2) is 29.2 Å². The fraction of sp³-hybridized carbons (Fsp3) is 0.333. The van der Waals surface area contributed by atoms with E-state index in [2.05, 4.69) is 22.2 Å². The smallest absolute Gasteiger partial charge is 0.241 e. The molecule has 0 radical (unpaired) electrons. The average molecular weight is 359 g/mol. The van der Waals surface area contributed by atoms with Crippen molar-refractivity contribution >= 4 is 33.8 Å². The van der Waals surface area contributed by atoms with Gasteiger partial charge in [0.05, 0.1) is 4.90 Å². The van der Waals surface area contributed by atoms with E-state index in [9.17, 15) is 8.42 Å². The summed E-state index contributed by atoms with van der Waals surface area (Å²) in [6.07, 6.45) is 0. The molecular weight excluding hydrogens is 340 g/mol. The molecule has 0 atom stereocenters. The second kappa shape index (κ2) is 6.68. The number of nitrogens with one attached hydrogen (secondary N) is 2. The van der Waals surface area contributed by atoms with Crippen molar-refractivity contribution in [2.75, 3.05) is 0 Å². The van der Waals surface area contributed by atoms with Crippen molar-refractivity contribution in [3.05, 3.63) is 50.7 Å². The van der Waals surface area contributed by atoms with Crippen LogP contribution in [0.5, 0.6) is 0 Å². The first kappa shape index (κ1) is 17.4. The fourth-order valence-corrected chi connectivity index (χ4v) is 5.16. The zero-order valence-electron chi connectivity index (χ0n) is 12.5. The third kappa shape index (κ3) is 3.52. The number of sulfonamides is 1. The topological polar surface area (TPSA) is 58.2 Å². The fourth-order valence-electron chi connectivity index (χ4n) is 2.59. The van der Waals surface area contributed by atoms with E-state index in [1.807, 2.05) is 19.9 Å². The molecule has 4 nitrogen and oxygen atoms in total. The van der Waals surface area contributed by atoms with Crippen LogP contribution >= 0.6 is 23.7 Å². The van der Waals surface area contributed by atoms with Crippen LogP contribution in [0.2, 0.25) is 0 Å². The van der Waals surface area contributed by atoms with Gasteiger partial charge in [-0.3, -0.25) is 0 Å². The van der Waals surface area contributed by atoms with Gasteiger partial charge >= 0.3 is 0 Å². The van der Waals surface area contributed by atoms with E-state index in [1.54, 1.807) is 6.07 Å². The molecule has 1 aromatic heterocycles. The number of rotatable bonds is 4. The third-order valence-electron chi connectivity index (χ3n) is 3.65. The van der Waals surface area contributed by atoms with Crippen molar-refractivity contribution in [2.24, 2.45) is 0 Å². The number of benzene rings is 1. The van der Waals surface area contributed by atoms with Crippen LogP contribution in [0.25, 0.3) is 0 Å². The molecule has 7 heteroatoms. The molecule has 120 valence electrons. The molecule has 0 saturated heterocycles. The predicted molar refractivity (Wildman–Crippen MR) is 92.1 cm³/mol. The van der Waals surface area contributed by atoms with Crippen molar-refractivity contribution in [1.29, 1.82) is 0 Å². The van der Waals surface area contributed by atoms with Crippen LogP contribution in [0.1, 0.15) is 26.4 Å². The van der Waals surface area contributed by atoms with Crippen molar-refractivity contribution in [3.63, 3.8) is 0 Å². The third-order valence-corrected chi connectivity index (χ3v) is 6.28. The van der Waals surface area contributed by atoms with E-state index in [0.29, 0.717) is 11.4 Å². The summed E-state index contributed by atoms with van der Waals surface area (Å²) in [6, 6.07) is 7.86. The van der Waals surface area contributed by atoms with Gasteiger partial charge in [-0.05, 0) is 36.6 Å². The lowest BCUT2D eigenvalue weighted by Crippen LogP contribution is -2.23. The lowest BCUT2D eigenvalue weighted by Gasteiger charge is -2.08. The summed E-state index contributed by atoms with van der Waals surface area (Å²) in [5.74, 6) is 0. The SMILES string of the molecule is Cc1cc(S(=O)(=O)NCc2ccc3c(c2)CNC3)c(C)s1.Cl. The van der Waals surface area contributed by atoms with Gasteiger partial charge in [-0.1, -0.05) is 18.2 Å². The van der Waals surface area contributed by atoms with Gasteiger partial charge in [0.25, 0.3) is 0 Å². The van der Waals surface area contributed by atoms with Crippen LogP contribution in [-0.4, -0.2) is 8.42 Å². The number of hydrogen-bond donors (Lipinski definition) is 2. The molecule has 0 fully saturated rings. The van der Waals surface area contributed by atoms with Gasteiger partial charge in [0.2, 0.25) is 10.0 Å². The van der Waals surface area contributed by atoms with E-state index in [4.69, 9.17) is 0 Å². The zero-order chi connectivity index (χ0) is 15.0. The van der Waals surface area contributed by atoms with Crippen LogP contribution in [-0.2, 0) is 29.7 Å². The summed E-state index contributed by atoms with van der Waals surface area (Å²) in [5, 5.41) is 3.29. The molecule has 2 heterocycles. The summed E-state index contributed by atoms with van der Waals surface area (Å²) in [7, 11) is -3.44. The maximum Gasteiger partial charge on any atom is 0.241 e. The number of thiophene rings is 1. The largest absolute Gasteiger partial charge is 0.309 e. The molecule has 0 unspecified atom stereocenters. The molecule has 0 saturated carbocycles. The predicted octanol–water partition coefficient (Wildman–Crippen LogP) is 2.87. The van der Waals surface area contributed by atoms with Crippen LogP contribution in [0.3, 0.4) is 0 Å².